The van der Waals surface area contributed by atoms with Gasteiger partial charge in [0, 0.05) is 0 Å². The minimum Gasteiger partial charge on any atom is -0.492 e. The Labute approximate surface area is 163 Å². The molecule has 9 nitrogen and oxygen atoms in total. The van der Waals surface area contributed by atoms with Gasteiger partial charge in [0.25, 0.3) is 0 Å². The summed E-state index contributed by atoms with van der Waals surface area (Å²) in [5, 5.41) is 0. The summed E-state index contributed by atoms with van der Waals surface area (Å²) in [6.45, 7) is 5.29. The van der Waals surface area contributed by atoms with Crippen molar-refractivity contribution in [2.75, 3.05) is 25.6 Å². The zero-order valence-corrected chi connectivity index (χ0v) is 16.8. The molecule has 3 rings (SSSR count). The molecule has 0 spiro atoms. The van der Waals surface area contributed by atoms with E-state index in [2.05, 4.69) is 15.0 Å². The van der Waals surface area contributed by atoms with Crippen LogP contribution in [-0.4, -0.2) is 39.3 Å². The second kappa shape index (κ2) is 9.14. The van der Waals surface area contributed by atoms with Crippen LogP contribution in [-0.2, 0) is 26.3 Å². The predicted octanol–water partition coefficient (Wildman–Crippen LogP) is 3.25. The van der Waals surface area contributed by atoms with Crippen LogP contribution in [0.4, 0.5) is 5.82 Å². The fraction of sp³-hybridized carbons (Fsp3) is 0.389. The number of nitrogens with two attached hydrogens (primary N) is 1. The topological polar surface area (TPSA) is 114 Å². The maximum atomic E-state index is 12.6. The van der Waals surface area contributed by atoms with Crippen molar-refractivity contribution in [3.63, 3.8) is 0 Å². The Morgan fingerprint density at radius 2 is 1.79 bits per heavy atom. The monoisotopic (exact) mass is 405 g/mol. The highest BCUT2D eigenvalue weighted by atomic mass is 31.2. The lowest BCUT2D eigenvalue weighted by molar-refractivity contribution is 0.219. The summed E-state index contributed by atoms with van der Waals surface area (Å²) in [4.78, 5) is 12.4. The summed E-state index contributed by atoms with van der Waals surface area (Å²) in [6.07, 6.45) is 3.32. The maximum absolute atomic E-state index is 12.6. The first-order chi connectivity index (χ1) is 13.5. The van der Waals surface area contributed by atoms with Crippen LogP contribution in [0.1, 0.15) is 19.4 Å². The molecule has 0 saturated heterocycles. The highest BCUT2D eigenvalue weighted by Gasteiger charge is 2.23. The summed E-state index contributed by atoms with van der Waals surface area (Å²) < 4.78 is 30.9. The van der Waals surface area contributed by atoms with E-state index in [4.69, 9.17) is 19.5 Å². The summed E-state index contributed by atoms with van der Waals surface area (Å²) in [7, 11) is -3.11. The second-order valence-electron chi connectivity index (χ2n) is 5.97. The number of nitrogen functional groups attached to an aromatic ring is 1. The minimum absolute atomic E-state index is 0.233. The molecule has 0 bridgehead atoms. The molecule has 0 aliphatic heterocycles. The van der Waals surface area contributed by atoms with Gasteiger partial charge in [0.2, 0.25) is 0 Å². The number of hydrogen-bond acceptors (Lipinski definition) is 8. The molecular formula is C18H24N5O4P. The fourth-order valence-corrected chi connectivity index (χ4v) is 4.46. The van der Waals surface area contributed by atoms with Crippen molar-refractivity contribution in [1.29, 1.82) is 0 Å². The Balaban J connectivity index is 1.57. The molecule has 0 aliphatic rings. The molecule has 0 saturated carbocycles. The van der Waals surface area contributed by atoms with Gasteiger partial charge in [-0.1, -0.05) is 12.1 Å². The maximum Gasteiger partial charge on any atom is 0.335 e. The Bertz CT molecular complexity index is 950. The van der Waals surface area contributed by atoms with E-state index in [1.165, 1.54) is 6.33 Å². The third-order valence-electron chi connectivity index (χ3n) is 3.98. The molecule has 1 aromatic carbocycles. The first-order valence-electron chi connectivity index (χ1n) is 9.06. The van der Waals surface area contributed by atoms with E-state index in [1.54, 1.807) is 20.2 Å². The van der Waals surface area contributed by atoms with Gasteiger partial charge in [0.1, 0.15) is 24.2 Å². The lowest BCUT2D eigenvalue weighted by Gasteiger charge is -2.17. The summed E-state index contributed by atoms with van der Waals surface area (Å²) >= 11 is 0. The Morgan fingerprint density at radius 3 is 2.46 bits per heavy atom. The minimum atomic E-state index is -3.11. The molecule has 3 aromatic rings. The third-order valence-corrected chi connectivity index (χ3v) is 6.04. The van der Waals surface area contributed by atoms with Gasteiger partial charge in [0.05, 0.1) is 32.2 Å². The standard InChI is InChI=1S/C18H24N5O4P/c1-3-26-28(24,27-4-2)11-14-5-7-15(8-6-14)25-10-9-23-13-22-16-17(19)20-12-21-18(16)23/h5-8,12-13H,3-4,9-11H2,1-2H3,(H2,19,20,21). The van der Waals surface area contributed by atoms with Gasteiger partial charge in [0.15, 0.2) is 11.5 Å². The van der Waals surface area contributed by atoms with Crippen LogP contribution in [0.25, 0.3) is 11.2 Å². The van der Waals surface area contributed by atoms with Crippen molar-refractivity contribution in [1.82, 2.24) is 19.5 Å². The number of anilines is 1. The number of benzene rings is 1. The number of hydrogen-bond donors (Lipinski definition) is 1. The molecule has 0 fully saturated rings. The van der Waals surface area contributed by atoms with Crippen LogP contribution in [0.5, 0.6) is 5.75 Å². The molecule has 2 aromatic heterocycles. The van der Waals surface area contributed by atoms with Gasteiger partial charge in [-0.25, -0.2) is 15.0 Å². The molecule has 150 valence electrons. The number of fused-ring (bicyclic) bond motifs is 1. The van der Waals surface area contributed by atoms with Crippen LogP contribution in [0.15, 0.2) is 36.9 Å². The third kappa shape index (κ3) is 4.86. The molecule has 10 heteroatoms. The molecule has 0 atom stereocenters. The lowest BCUT2D eigenvalue weighted by atomic mass is 10.2. The number of ether oxygens (including phenoxy) is 1. The van der Waals surface area contributed by atoms with Crippen molar-refractivity contribution in [3.8, 4) is 5.75 Å². The second-order valence-corrected chi connectivity index (χ2v) is 8.02. The smallest absolute Gasteiger partial charge is 0.335 e. The number of imidazole rings is 1. The van der Waals surface area contributed by atoms with Crippen LogP contribution in [0, 0.1) is 0 Å². The molecule has 0 aliphatic carbocycles. The van der Waals surface area contributed by atoms with Crippen molar-refractivity contribution in [2.45, 2.75) is 26.6 Å². The van der Waals surface area contributed by atoms with Gasteiger partial charge in [-0.2, -0.15) is 0 Å². The molecule has 28 heavy (non-hydrogen) atoms. The average molecular weight is 405 g/mol. The van der Waals surface area contributed by atoms with E-state index in [0.29, 0.717) is 49.1 Å². The number of nitrogens with zero attached hydrogens (tertiary/aromatic N) is 4. The Kier molecular flexibility index (Phi) is 6.61. The fourth-order valence-electron chi connectivity index (χ4n) is 2.76. The van der Waals surface area contributed by atoms with E-state index < -0.39 is 7.60 Å². The zero-order chi connectivity index (χ0) is 20.0. The quantitative estimate of drug-likeness (QED) is 0.511. The number of aromatic nitrogens is 4. The highest BCUT2D eigenvalue weighted by molar-refractivity contribution is 7.53. The molecule has 0 radical (unpaired) electrons. The first-order valence-corrected chi connectivity index (χ1v) is 10.8. The molecule has 2 heterocycles. The largest absolute Gasteiger partial charge is 0.492 e. The van der Waals surface area contributed by atoms with Gasteiger partial charge < -0.3 is 24.1 Å². The molecular weight excluding hydrogens is 381 g/mol. The number of rotatable bonds is 10. The van der Waals surface area contributed by atoms with Crippen molar-refractivity contribution in [3.05, 3.63) is 42.5 Å². The molecule has 0 unspecified atom stereocenters. The first kappa shape index (κ1) is 20.3. The van der Waals surface area contributed by atoms with Gasteiger partial charge in [-0.15, -0.1) is 0 Å². The Morgan fingerprint density at radius 1 is 1.07 bits per heavy atom. The lowest BCUT2D eigenvalue weighted by Crippen LogP contribution is -2.08. The highest BCUT2D eigenvalue weighted by Crippen LogP contribution is 2.51. The van der Waals surface area contributed by atoms with Crippen LogP contribution >= 0.6 is 7.60 Å². The zero-order valence-electron chi connectivity index (χ0n) is 15.9. The van der Waals surface area contributed by atoms with Crippen molar-refractivity contribution in [2.24, 2.45) is 0 Å². The van der Waals surface area contributed by atoms with E-state index in [1.807, 2.05) is 28.8 Å². The van der Waals surface area contributed by atoms with E-state index in [-0.39, 0.29) is 6.16 Å². The Hall–Kier alpha value is -2.48. The SMILES string of the molecule is CCOP(=O)(Cc1ccc(OCCn2cnc3c(N)ncnc32)cc1)OCC. The van der Waals surface area contributed by atoms with E-state index >= 15 is 0 Å². The molecule has 0 amide bonds. The normalized spacial score (nSPS) is 11.8. The summed E-state index contributed by atoms with van der Waals surface area (Å²) in [6, 6.07) is 7.40. The van der Waals surface area contributed by atoms with Crippen molar-refractivity contribution < 1.29 is 18.3 Å². The van der Waals surface area contributed by atoms with Crippen molar-refractivity contribution >= 4 is 24.6 Å². The van der Waals surface area contributed by atoms with Gasteiger partial charge >= 0.3 is 7.60 Å². The summed E-state index contributed by atoms with van der Waals surface area (Å²) in [5.41, 5.74) is 7.91. The average Bonchev–Trinajstić information content (AvgIpc) is 3.08. The van der Waals surface area contributed by atoms with Gasteiger partial charge in [-0.3, -0.25) is 4.57 Å². The van der Waals surface area contributed by atoms with E-state index in [0.717, 1.165) is 5.56 Å². The van der Waals surface area contributed by atoms with Crippen LogP contribution in [0.2, 0.25) is 0 Å². The van der Waals surface area contributed by atoms with E-state index in [9.17, 15) is 4.57 Å². The van der Waals surface area contributed by atoms with Crippen LogP contribution in [0.3, 0.4) is 0 Å². The van der Waals surface area contributed by atoms with Crippen LogP contribution < -0.4 is 10.5 Å². The summed E-state index contributed by atoms with van der Waals surface area (Å²) in [5.74, 6) is 1.07. The predicted molar refractivity (Wildman–Crippen MR) is 106 cm³/mol. The van der Waals surface area contributed by atoms with Gasteiger partial charge in [-0.05, 0) is 31.5 Å². The molecule has 2 N–H and O–H groups in total.